The summed E-state index contributed by atoms with van der Waals surface area (Å²) in [5.41, 5.74) is 0.498. The van der Waals surface area contributed by atoms with Gasteiger partial charge in [-0.15, -0.1) is 0 Å². The quantitative estimate of drug-likeness (QED) is 0.840. The number of carbonyl (C=O) groups is 1. The summed E-state index contributed by atoms with van der Waals surface area (Å²) < 4.78 is 32.5. The standard InChI is InChI=1S/C18H26N2O4S/c1-12(2)14-11-15(14)18(21)19-13-6-7-16(24-3)17(10-13)25(22,23)20-8-4-5-9-20/h6-7,10,12,14-15H,4-5,8-9,11H2,1-3H3,(H,19,21)/t14-,15+/m0/s1. The van der Waals surface area contributed by atoms with Crippen LogP contribution in [0.4, 0.5) is 5.69 Å². The number of amides is 1. The van der Waals surface area contributed by atoms with Crippen LogP contribution in [0.3, 0.4) is 0 Å². The molecule has 25 heavy (non-hydrogen) atoms. The van der Waals surface area contributed by atoms with Gasteiger partial charge in [-0.25, -0.2) is 8.42 Å². The maximum atomic E-state index is 12.9. The number of methoxy groups -OCH3 is 1. The van der Waals surface area contributed by atoms with Crippen LogP contribution in [-0.2, 0) is 14.8 Å². The number of rotatable bonds is 6. The molecule has 1 aliphatic carbocycles. The summed E-state index contributed by atoms with van der Waals surface area (Å²) in [6.07, 6.45) is 2.64. The molecule has 1 aromatic carbocycles. The number of nitrogens with zero attached hydrogens (tertiary/aromatic N) is 1. The molecule has 1 saturated heterocycles. The Morgan fingerprint density at radius 3 is 2.52 bits per heavy atom. The minimum absolute atomic E-state index is 0.0285. The number of hydrogen-bond donors (Lipinski definition) is 1. The van der Waals surface area contributed by atoms with Gasteiger partial charge in [-0.1, -0.05) is 13.8 Å². The zero-order valence-corrected chi connectivity index (χ0v) is 15.8. The van der Waals surface area contributed by atoms with Crippen molar-refractivity contribution in [1.82, 2.24) is 4.31 Å². The van der Waals surface area contributed by atoms with E-state index in [2.05, 4.69) is 19.2 Å². The van der Waals surface area contributed by atoms with Crippen LogP contribution in [0.1, 0.15) is 33.1 Å². The number of anilines is 1. The normalized spacial score (nSPS) is 23.7. The van der Waals surface area contributed by atoms with Gasteiger partial charge in [0.05, 0.1) is 7.11 Å². The first-order valence-corrected chi connectivity index (χ1v) is 10.3. The number of benzene rings is 1. The lowest BCUT2D eigenvalue weighted by Crippen LogP contribution is -2.28. The maximum absolute atomic E-state index is 12.9. The molecule has 2 fully saturated rings. The summed E-state index contributed by atoms with van der Waals surface area (Å²) in [6.45, 7) is 5.29. The van der Waals surface area contributed by atoms with Crippen molar-refractivity contribution >= 4 is 21.6 Å². The van der Waals surface area contributed by atoms with E-state index in [1.807, 2.05) is 0 Å². The Morgan fingerprint density at radius 2 is 1.96 bits per heavy atom. The first-order valence-electron chi connectivity index (χ1n) is 8.83. The van der Waals surface area contributed by atoms with Crippen LogP contribution in [0.2, 0.25) is 0 Å². The van der Waals surface area contributed by atoms with Crippen LogP contribution < -0.4 is 10.1 Å². The van der Waals surface area contributed by atoms with Crippen molar-refractivity contribution in [2.24, 2.45) is 17.8 Å². The van der Waals surface area contributed by atoms with E-state index in [4.69, 9.17) is 4.74 Å². The van der Waals surface area contributed by atoms with E-state index in [0.29, 0.717) is 36.4 Å². The van der Waals surface area contributed by atoms with E-state index in [1.165, 1.54) is 17.5 Å². The third-order valence-corrected chi connectivity index (χ3v) is 7.07. The second-order valence-electron chi connectivity index (χ2n) is 7.22. The molecule has 1 amide bonds. The van der Waals surface area contributed by atoms with Crippen LogP contribution in [0, 0.1) is 17.8 Å². The van der Waals surface area contributed by atoms with Crippen molar-refractivity contribution in [3.05, 3.63) is 18.2 Å². The molecule has 0 radical (unpaired) electrons. The minimum Gasteiger partial charge on any atom is -0.495 e. The summed E-state index contributed by atoms with van der Waals surface area (Å²) in [4.78, 5) is 12.5. The molecular weight excluding hydrogens is 340 g/mol. The van der Waals surface area contributed by atoms with Crippen molar-refractivity contribution in [3.8, 4) is 5.75 Å². The molecule has 138 valence electrons. The van der Waals surface area contributed by atoms with Crippen LogP contribution in [0.5, 0.6) is 5.75 Å². The lowest BCUT2D eigenvalue weighted by molar-refractivity contribution is -0.117. The predicted octanol–water partition coefficient (Wildman–Crippen LogP) is 2.71. The molecule has 0 aromatic heterocycles. The van der Waals surface area contributed by atoms with Gasteiger partial charge in [0.2, 0.25) is 15.9 Å². The van der Waals surface area contributed by atoms with E-state index in [9.17, 15) is 13.2 Å². The molecule has 1 saturated carbocycles. The van der Waals surface area contributed by atoms with Gasteiger partial charge in [0.1, 0.15) is 10.6 Å². The van der Waals surface area contributed by atoms with Crippen LogP contribution in [0.15, 0.2) is 23.1 Å². The van der Waals surface area contributed by atoms with E-state index in [1.54, 1.807) is 12.1 Å². The highest BCUT2D eigenvalue weighted by molar-refractivity contribution is 7.89. The van der Waals surface area contributed by atoms with E-state index >= 15 is 0 Å². The van der Waals surface area contributed by atoms with Crippen molar-refractivity contribution in [1.29, 1.82) is 0 Å². The molecule has 2 aliphatic rings. The van der Waals surface area contributed by atoms with Crippen molar-refractivity contribution in [3.63, 3.8) is 0 Å². The Kier molecular flexibility index (Phi) is 5.06. The van der Waals surface area contributed by atoms with Gasteiger partial charge in [0, 0.05) is 24.7 Å². The fourth-order valence-electron chi connectivity index (χ4n) is 3.51. The fourth-order valence-corrected chi connectivity index (χ4v) is 5.21. The number of carbonyl (C=O) groups excluding carboxylic acids is 1. The molecule has 0 spiro atoms. The number of sulfonamides is 1. The molecular formula is C18H26N2O4S. The van der Waals surface area contributed by atoms with Crippen molar-refractivity contribution in [2.45, 2.75) is 38.0 Å². The first kappa shape index (κ1) is 18.2. The average molecular weight is 366 g/mol. The third-order valence-electron chi connectivity index (χ3n) is 5.15. The number of hydrogen-bond acceptors (Lipinski definition) is 4. The minimum atomic E-state index is -3.61. The van der Waals surface area contributed by atoms with Gasteiger partial charge < -0.3 is 10.1 Å². The molecule has 1 heterocycles. The molecule has 7 heteroatoms. The average Bonchev–Trinajstić information content (AvgIpc) is 3.20. The smallest absolute Gasteiger partial charge is 0.246 e. The summed E-state index contributed by atoms with van der Waals surface area (Å²) in [7, 11) is -2.16. The molecule has 2 atom stereocenters. The Balaban J connectivity index is 1.82. The predicted molar refractivity (Wildman–Crippen MR) is 96.1 cm³/mol. The van der Waals surface area contributed by atoms with Crippen molar-refractivity contribution < 1.29 is 17.9 Å². The van der Waals surface area contributed by atoms with Gasteiger partial charge in [0.15, 0.2) is 0 Å². The number of nitrogens with one attached hydrogen (secondary N) is 1. The summed E-state index contributed by atoms with van der Waals surface area (Å²) in [6, 6.07) is 4.80. The highest BCUT2D eigenvalue weighted by atomic mass is 32.2. The van der Waals surface area contributed by atoms with Crippen LogP contribution in [-0.4, -0.2) is 38.8 Å². The van der Waals surface area contributed by atoms with Crippen LogP contribution in [0.25, 0.3) is 0 Å². The summed E-state index contributed by atoms with van der Waals surface area (Å²) in [5, 5.41) is 2.87. The van der Waals surface area contributed by atoms with Gasteiger partial charge in [-0.3, -0.25) is 4.79 Å². The number of ether oxygens (including phenoxy) is 1. The second-order valence-corrected chi connectivity index (χ2v) is 9.12. The van der Waals surface area contributed by atoms with E-state index < -0.39 is 10.0 Å². The maximum Gasteiger partial charge on any atom is 0.246 e. The lowest BCUT2D eigenvalue weighted by atomic mass is 10.1. The van der Waals surface area contributed by atoms with Gasteiger partial charge in [-0.2, -0.15) is 4.31 Å². The Hall–Kier alpha value is -1.60. The van der Waals surface area contributed by atoms with Gasteiger partial charge >= 0.3 is 0 Å². The highest BCUT2D eigenvalue weighted by Crippen LogP contribution is 2.44. The molecule has 1 N–H and O–H groups in total. The Bertz CT molecular complexity index is 754. The zero-order chi connectivity index (χ0) is 18.2. The topological polar surface area (TPSA) is 75.7 Å². The molecule has 1 aliphatic heterocycles. The molecule has 3 rings (SSSR count). The Morgan fingerprint density at radius 1 is 1.28 bits per heavy atom. The second kappa shape index (κ2) is 6.96. The molecule has 6 nitrogen and oxygen atoms in total. The van der Waals surface area contributed by atoms with Gasteiger partial charge in [0.25, 0.3) is 0 Å². The zero-order valence-electron chi connectivity index (χ0n) is 15.0. The highest BCUT2D eigenvalue weighted by Gasteiger charge is 2.44. The third kappa shape index (κ3) is 3.67. The largest absolute Gasteiger partial charge is 0.495 e. The molecule has 0 unspecified atom stereocenters. The molecule has 1 aromatic rings. The Labute approximate surface area is 149 Å². The first-order chi connectivity index (χ1) is 11.8. The monoisotopic (exact) mass is 366 g/mol. The van der Waals surface area contributed by atoms with Crippen LogP contribution >= 0.6 is 0 Å². The SMILES string of the molecule is COc1ccc(NC(=O)[C@@H]2C[C@H]2C(C)C)cc1S(=O)(=O)N1CCCC1. The van der Waals surface area contributed by atoms with E-state index in [-0.39, 0.29) is 16.7 Å². The van der Waals surface area contributed by atoms with Crippen molar-refractivity contribution in [2.75, 3.05) is 25.5 Å². The molecule has 0 bridgehead atoms. The van der Waals surface area contributed by atoms with Gasteiger partial charge in [-0.05, 0) is 49.3 Å². The lowest BCUT2D eigenvalue weighted by Gasteiger charge is -2.18. The fraction of sp³-hybridized carbons (Fsp3) is 0.611. The summed E-state index contributed by atoms with van der Waals surface area (Å²) in [5.74, 6) is 1.20. The summed E-state index contributed by atoms with van der Waals surface area (Å²) >= 11 is 0. The van der Waals surface area contributed by atoms with E-state index in [0.717, 1.165) is 19.3 Å².